The largest absolute Gasteiger partial charge is 0.479 e. The minimum atomic E-state index is -4.94. The molecule has 7 heteroatoms. The van der Waals surface area contributed by atoms with E-state index < -0.39 is 29.5 Å². The van der Waals surface area contributed by atoms with Crippen LogP contribution in [0.3, 0.4) is 0 Å². The van der Waals surface area contributed by atoms with Gasteiger partial charge in [0.05, 0.1) is 5.69 Å². The number of alkyl halides is 3. The Kier molecular flexibility index (Phi) is 2.76. The molecular weight excluding hydrogens is 251 g/mol. The molecule has 1 N–H and O–H groups in total. The van der Waals surface area contributed by atoms with Crippen LogP contribution in [0.4, 0.5) is 18.9 Å². The Balaban J connectivity index is 2.37. The molecule has 18 heavy (non-hydrogen) atoms. The van der Waals surface area contributed by atoms with Gasteiger partial charge in [-0.15, -0.1) is 0 Å². The number of carbonyl (C=O) groups excluding carboxylic acids is 2. The van der Waals surface area contributed by atoms with Gasteiger partial charge in [0.25, 0.3) is 11.7 Å². The van der Waals surface area contributed by atoms with Gasteiger partial charge in [-0.1, -0.05) is 0 Å². The first-order chi connectivity index (χ1) is 8.29. The molecule has 4 nitrogen and oxygen atoms in total. The second kappa shape index (κ2) is 4.01. The summed E-state index contributed by atoms with van der Waals surface area (Å²) in [6, 6.07) is 3.19. The van der Waals surface area contributed by atoms with Crippen LogP contribution < -0.4 is 10.1 Å². The minimum Gasteiger partial charge on any atom is -0.479 e. The van der Waals surface area contributed by atoms with Gasteiger partial charge in [-0.2, -0.15) is 13.2 Å². The summed E-state index contributed by atoms with van der Waals surface area (Å²) in [5.74, 6) is -2.20. The quantitative estimate of drug-likeness (QED) is 0.786. The maximum Gasteiger partial charge on any atom is 0.454 e. The second-order valence-electron chi connectivity index (χ2n) is 3.79. The number of ketones is 1. The van der Waals surface area contributed by atoms with Crippen molar-refractivity contribution in [3.8, 4) is 5.75 Å². The highest BCUT2D eigenvalue weighted by Crippen LogP contribution is 2.32. The third kappa shape index (κ3) is 2.15. The van der Waals surface area contributed by atoms with Crippen molar-refractivity contribution in [1.82, 2.24) is 0 Å². The molecule has 2 rings (SSSR count). The molecule has 0 aliphatic carbocycles. The summed E-state index contributed by atoms with van der Waals surface area (Å²) in [5, 5.41) is 2.37. The van der Waals surface area contributed by atoms with Crippen LogP contribution in [0.25, 0.3) is 0 Å². The molecule has 1 heterocycles. The van der Waals surface area contributed by atoms with E-state index in [0.29, 0.717) is 0 Å². The van der Waals surface area contributed by atoms with Crippen LogP contribution in [0.15, 0.2) is 18.2 Å². The van der Waals surface area contributed by atoms with Crippen LogP contribution in [-0.4, -0.2) is 24.0 Å². The summed E-state index contributed by atoms with van der Waals surface area (Å²) in [6.07, 6.45) is -5.66. The van der Waals surface area contributed by atoms with Gasteiger partial charge in [0.15, 0.2) is 6.10 Å². The van der Waals surface area contributed by atoms with Gasteiger partial charge in [0.1, 0.15) is 5.75 Å². The van der Waals surface area contributed by atoms with Gasteiger partial charge >= 0.3 is 6.18 Å². The molecule has 1 aromatic carbocycles. The molecule has 1 atom stereocenters. The molecule has 1 aromatic rings. The highest BCUT2D eigenvalue weighted by Gasteiger charge is 2.39. The van der Waals surface area contributed by atoms with Crippen LogP contribution in [-0.2, 0) is 4.79 Å². The van der Waals surface area contributed by atoms with Gasteiger partial charge in [-0.25, -0.2) is 0 Å². The van der Waals surface area contributed by atoms with E-state index >= 15 is 0 Å². The minimum absolute atomic E-state index is 0.0631. The number of fused-ring (bicyclic) bond motifs is 1. The van der Waals surface area contributed by atoms with Crippen molar-refractivity contribution in [3.05, 3.63) is 23.8 Å². The average Bonchev–Trinajstić information content (AvgIpc) is 2.28. The molecule has 1 amide bonds. The number of anilines is 1. The lowest BCUT2D eigenvalue weighted by atomic mass is 10.1. The summed E-state index contributed by atoms with van der Waals surface area (Å²) in [4.78, 5) is 22.3. The van der Waals surface area contributed by atoms with E-state index in [1.54, 1.807) is 0 Å². The maximum absolute atomic E-state index is 12.2. The average molecular weight is 259 g/mol. The Morgan fingerprint density at radius 1 is 1.39 bits per heavy atom. The molecule has 1 aliphatic rings. The molecule has 96 valence electrons. The van der Waals surface area contributed by atoms with Crippen molar-refractivity contribution in [2.75, 3.05) is 5.32 Å². The SMILES string of the molecule is CC1Oc2ccc(C(=O)C(F)(F)F)cc2NC1=O. The Bertz CT molecular complexity index is 525. The number of carbonyl (C=O) groups is 2. The molecule has 1 aliphatic heterocycles. The highest BCUT2D eigenvalue weighted by atomic mass is 19.4. The number of halogens is 3. The first kappa shape index (κ1) is 12.4. The van der Waals surface area contributed by atoms with E-state index in [1.165, 1.54) is 13.0 Å². The predicted octanol–water partition coefficient (Wildman–Crippen LogP) is 2.15. The third-order valence-electron chi connectivity index (χ3n) is 2.43. The lowest BCUT2D eigenvalue weighted by molar-refractivity contribution is -0.122. The van der Waals surface area contributed by atoms with Crippen molar-refractivity contribution < 1.29 is 27.5 Å². The molecular formula is C11H8F3NO3. The fourth-order valence-corrected chi connectivity index (χ4v) is 1.51. The van der Waals surface area contributed by atoms with Crippen LogP contribution in [0.1, 0.15) is 17.3 Å². The number of nitrogens with one attached hydrogen (secondary N) is 1. The molecule has 0 bridgehead atoms. The monoisotopic (exact) mass is 259 g/mol. The van der Waals surface area contributed by atoms with Crippen LogP contribution in [0, 0.1) is 0 Å². The molecule has 0 radical (unpaired) electrons. The van der Waals surface area contributed by atoms with Crippen molar-refractivity contribution in [3.63, 3.8) is 0 Å². The topological polar surface area (TPSA) is 55.4 Å². The third-order valence-corrected chi connectivity index (χ3v) is 2.43. The number of rotatable bonds is 1. The Hall–Kier alpha value is -2.05. The van der Waals surface area contributed by atoms with E-state index in [4.69, 9.17) is 4.74 Å². The first-order valence-electron chi connectivity index (χ1n) is 5.02. The van der Waals surface area contributed by atoms with Crippen molar-refractivity contribution in [2.45, 2.75) is 19.2 Å². The zero-order valence-corrected chi connectivity index (χ0v) is 9.17. The number of benzene rings is 1. The van der Waals surface area contributed by atoms with Crippen LogP contribution in [0.5, 0.6) is 5.75 Å². The van der Waals surface area contributed by atoms with E-state index in [0.717, 1.165) is 12.1 Å². The van der Waals surface area contributed by atoms with E-state index in [9.17, 15) is 22.8 Å². The van der Waals surface area contributed by atoms with Crippen molar-refractivity contribution >= 4 is 17.4 Å². The summed E-state index contributed by atoms with van der Waals surface area (Å²) in [5.41, 5.74) is -0.479. The Morgan fingerprint density at radius 3 is 2.67 bits per heavy atom. The highest BCUT2D eigenvalue weighted by molar-refractivity contribution is 6.03. The zero-order valence-electron chi connectivity index (χ0n) is 9.17. The van der Waals surface area contributed by atoms with E-state index in [2.05, 4.69) is 5.32 Å². The molecule has 1 unspecified atom stereocenters. The fourth-order valence-electron chi connectivity index (χ4n) is 1.51. The normalized spacial score (nSPS) is 18.7. The number of amides is 1. The van der Waals surface area contributed by atoms with Crippen molar-refractivity contribution in [1.29, 1.82) is 0 Å². The Morgan fingerprint density at radius 2 is 2.06 bits per heavy atom. The van der Waals surface area contributed by atoms with Gasteiger partial charge in [0, 0.05) is 5.56 Å². The number of Topliss-reactive ketones (excluding diaryl/α,β-unsaturated/α-hetero) is 1. The maximum atomic E-state index is 12.2. The summed E-state index contributed by atoms with van der Waals surface area (Å²) in [7, 11) is 0. The van der Waals surface area contributed by atoms with Crippen LogP contribution in [0.2, 0.25) is 0 Å². The van der Waals surface area contributed by atoms with Gasteiger partial charge < -0.3 is 10.1 Å². The lowest BCUT2D eigenvalue weighted by Crippen LogP contribution is -2.34. The second-order valence-corrected chi connectivity index (χ2v) is 3.79. The van der Waals surface area contributed by atoms with E-state index in [1.807, 2.05) is 0 Å². The molecule has 0 saturated heterocycles. The molecule has 0 aromatic heterocycles. The number of hydrogen-bond acceptors (Lipinski definition) is 3. The fraction of sp³-hybridized carbons (Fsp3) is 0.273. The molecule has 0 spiro atoms. The lowest BCUT2D eigenvalue weighted by Gasteiger charge is -2.23. The number of hydrogen-bond donors (Lipinski definition) is 1. The summed E-state index contributed by atoms with van der Waals surface area (Å²) < 4.78 is 41.9. The number of ether oxygens (including phenoxy) is 1. The van der Waals surface area contributed by atoms with E-state index in [-0.39, 0.29) is 11.4 Å². The zero-order chi connectivity index (χ0) is 13.5. The summed E-state index contributed by atoms with van der Waals surface area (Å²) >= 11 is 0. The van der Waals surface area contributed by atoms with Gasteiger partial charge in [0.2, 0.25) is 0 Å². The van der Waals surface area contributed by atoms with Gasteiger partial charge in [-0.3, -0.25) is 9.59 Å². The van der Waals surface area contributed by atoms with Crippen LogP contribution >= 0.6 is 0 Å². The Labute approximate surface area is 99.7 Å². The standard InChI is InChI=1S/C11H8F3NO3/c1-5-10(17)15-7-4-6(2-3-8(7)18-5)9(16)11(12,13)14/h2-5H,1H3,(H,15,17). The first-order valence-corrected chi connectivity index (χ1v) is 5.02. The molecule has 0 fully saturated rings. The molecule has 0 saturated carbocycles. The van der Waals surface area contributed by atoms with Gasteiger partial charge in [-0.05, 0) is 25.1 Å². The van der Waals surface area contributed by atoms with Crippen molar-refractivity contribution in [2.24, 2.45) is 0 Å². The summed E-state index contributed by atoms with van der Waals surface area (Å²) in [6.45, 7) is 1.51. The smallest absolute Gasteiger partial charge is 0.454 e. The predicted molar refractivity (Wildman–Crippen MR) is 55.5 cm³/mol.